The molecule has 0 aliphatic rings. The number of rotatable bonds is 4. The number of ether oxygens (including phenoxy) is 1. The van der Waals surface area contributed by atoms with Crippen molar-refractivity contribution in [1.82, 2.24) is 15.0 Å². The van der Waals surface area contributed by atoms with Gasteiger partial charge in [-0.05, 0) is 13.8 Å². The van der Waals surface area contributed by atoms with E-state index in [2.05, 4.69) is 16.9 Å². The van der Waals surface area contributed by atoms with Crippen LogP contribution in [0.25, 0.3) is 0 Å². The molecule has 0 bridgehead atoms. The van der Waals surface area contributed by atoms with Crippen LogP contribution in [0, 0.1) is 0 Å². The summed E-state index contributed by atoms with van der Waals surface area (Å²) < 4.78 is 6.18. The zero-order chi connectivity index (χ0) is 11.4. The van der Waals surface area contributed by atoms with Crippen LogP contribution in [0.3, 0.4) is 0 Å². The maximum absolute atomic E-state index is 11.3. The lowest BCUT2D eigenvalue weighted by Gasteiger charge is -2.02. The number of nitrogens with two attached hydrogens (primary N) is 1. The molecule has 0 aliphatic carbocycles. The molecule has 1 rings (SSSR count). The predicted octanol–water partition coefficient (Wildman–Crippen LogP) is 0.613. The summed E-state index contributed by atoms with van der Waals surface area (Å²) in [4.78, 5) is 11.3. The van der Waals surface area contributed by atoms with Crippen LogP contribution >= 0.6 is 0 Å². The number of esters is 1. The zero-order valence-corrected chi connectivity index (χ0v) is 8.86. The van der Waals surface area contributed by atoms with E-state index in [0.717, 1.165) is 5.57 Å². The summed E-state index contributed by atoms with van der Waals surface area (Å²) in [5.74, 6) is -0.348. The molecule has 1 aromatic rings. The van der Waals surface area contributed by atoms with E-state index in [-0.39, 0.29) is 18.1 Å². The fraction of sp³-hybridized carbons (Fsp3) is 0.444. The standard InChI is InChI=1S/C9H14N4O2/c1-4-15-9(14)7-8(10)13(12-11-7)5-6(2)3/h2,4-5,10H2,1,3H3. The molecule has 0 amide bonds. The number of nitrogen functional groups attached to an aromatic ring is 1. The van der Waals surface area contributed by atoms with E-state index >= 15 is 0 Å². The van der Waals surface area contributed by atoms with E-state index in [1.807, 2.05) is 6.92 Å². The maximum Gasteiger partial charge on any atom is 0.362 e. The molecule has 0 atom stereocenters. The Bertz CT molecular complexity index is 383. The van der Waals surface area contributed by atoms with Crippen LogP contribution in [-0.4, -0.2) is 27.6 Å². The molecule has 0 aliphatic heterocycles. The number of nitrogens with zero attached hydrogens (tertiary/aromatic N) is 3. The highest BCUT2D eigenvalue weighted by atomic mass is 16.5. The second-order valence-corrected chi connectivity index (χ2v) is 3.16. The van der Waals surface area contributed by atoms with Gasteiger partial charge < -0.3 is 10.5 Å². The van der Waals surface area contributed by atoms with E-state index in [9.17, 15) is 4.79 Å². The fourth-order valence-electron chi connectivity index (χ4n) is 1.04. The first-order valence-electron chi connectivity index (χ1n) is 4.56. The van der Waals surface area contributed by atoms with Gasteiger partial charge in [0.2, 0.25) is 5.69 Å². The first-order chi connectivity index (χ1) is 7.06. The highest BCUT2D eigenvalue weighted by molar-refractivity contribution is 5.91. The third-order valence-electron chi connectivity index (χ3n) is 1.66. The summed E-state index contributed by atoms with van der Waals surface area (Å²) in [7, 11) is 0. The van der Waals surface area contributed by atoms with E-state index in [0.29, 0.717) is 6.54 Å². The van der Waals surface area contributed by atoms with E-state index in [1.165, 1.54) is 4.68 Å². The van der Waals surface area contributed by atoms with Gasteiger partial charge in [-0.25, -0.2) is 9.48 Å². The van der Waals surface area contributed by atoms with Crippen LogP contribution in [0.1, 0.15) is 24.3 Å². The van der Waals surface area contributed by atoms with Gasteiger partial charge >= 0.3 is 5.97 Å². The average molecular weight is 210 g/mol. The van der Waals surface area contributed by atoms with E-state index in [4.69, 9.17) is 10.5 Å². The molecular formula is C9H14N4O2. The van der Waals surface area contributed by atoms with Crippen LogP contribution in [0.15, 0.2) is 12.2 Å². The lowest BCUT2D eigenvalue weighted by Crippen LogP contribution is -2.10. The first-order valence-corrected chi connectivity index (χ1v) is 4.56. The van der Waals surface area contributed by atoms with Crippen LogP contribution in [0.5, 0.6) is 0 Å². The van der Waals surface area contributed by atoms with Crippen molar-refractivity contribution >= 4 is 11.8 Å². The quantitative estimate of drug-likeness (QED) is 0.581. The summed E-state index contributed by atoms with van der Waals surface area (Å²) in [6, 6.07) is 0. The van der Waals surface area contributed by atoms with Crippen molar-refractivity contribution in [3.05, 3.63) is 17.8 Å². The van der Waals surface area contributed by atoms with Crippen molar-refractivity contribution in [2.45, 2.75) is 20.4 Å². The summed E-state index contributed by atoms with van der Waals surface area (Å²) in [6.45, 7) is 8.00. The SMILES string of the molecule is C=C(C)Cn1nnc(C(=O)OCC)c1N. The van der Waals surface area contributed by atoms with Crippen LogP contribution in [0.4, 0.5) is 5.82 Å². The molecule has 1 aromatic heterocycles. The molecular weight excluding hydrogens is 196 g/mol. The second kappa shape index (κ2) is 4.59. The normalized spacial score (nSPS) is 10.0. The molecule has 0 unspecified atom stereocenters. The second-order valence-electron chi connectivity index (χ2n) is 3.16. The highest BCUT2D eigenvalue weighted by Crippen LogP contribution is 2.10. The number of aromatic nitrogens is 3. The van der Waals surface area contributed by atoms with Gasteiger partial charge in [0.25, 0.3) is 0 Å². The van der Waals surface area contributed by atoms with Gasteiger partial charge in [-0.15, -0.1) is 5.10 Å². The number of hydrogen-bond acceptors (Lipinski definition) is 5. The maximum atomic E-state index is 11.3. The van der Waals surface area contributed by atoms with Crippen molar-refractivity contribution in [3.63, 3.8) is 0 Å². The number of allylic oxidation sites excluding steroid dienone is 1. The average Bonchev–Trinajstić information content (AvgIpc) is 2.48. The minimum atomic E-state index is -0.553. The number of anilines is 1. The molecule has 0 radical (unpaired) electrons. The van der Waals surface area contributed by atoms with Gasteiger partial charge in [-0.2, -0.15) is 0 Å². The number of carbonyl (C=O) groups excluding carboxylic acids is 1. The van der Waals surface area contributed by atoms with Gasteiger partial charge in [0.1, 0.15) is 0 Å². The molecule has 1 heterocycles. The molecule has 82 valence electrons. The number of carbonyl (C=O) groups is 1. The molecule has 0 saturated heterocycles. The minimum absolute atomic E-state index is 0.0538. The van der Waals surface area contributed by atoms with Gasteiger partial charge in [-0.1, -0.05) is 17.4 Å². The Kier molecular flexibility index (Phi) is 3.43. The van der Waals surface area contributed by atoms with E-state index < -0.39 is 5.97 Å². The highest BCUT2D eigenvalue weighted by Gasteiger charge is 2.18. The zero-order valence-electron chi connectivity index (χ0n) is 8.86. The molecule has 0 saturated carbocycles. The monoisotopic (exact) mass is 210 g/mol. The smallest absolute Gasteiger partial charge is 0.362 e. The summed E-state index contributed by atoms with van der Waals surface area (Å²) >= 11 is 0. The van der Waals surface area contributed by atoms with Crippen molar-refractivity contribution < 1.29 is 9.53 Å². The first kappa shape index (κ1) is 11.2. The molecule has 6 nitrogen and oxygen atoms in total. The Morgan fingerprint density at radius 3 is 2.87 bits per heavy atom. The third kappa shape index (κ3) is 2.55. The topological polar surface area (TPSA) is 83.0 Å². The number of hydrogen-bond donors (Lipinski definition) is 1. The Morgan fingerprint density at radius 2 is 2.33 bits per heavy atom. The Balaban J connectivity index is 2.88. The predicted molar refractivity (Wildman–Crippen MR) is 55.2 cm³/mol. The summed E-state index contributed by atoms with van der Waals surface area (Å²) in [5.41, 5.74) is 6.61. The molecule has 6 heteroatoms. The van der Waals surface area contributed by atoms with Crippen molar-refractivity contribution in [3.8, 4) is 0 Å². The molecule has 15 heavy (non-hydrogen) atoms. The Morgan fingerprint density at radius 1 is 1.67 bits per heavy atom. The lowest BCUT2D eigenvalue weighted by molar-refractivity contribution is 0.0520. The third-order valence-corrected chi connectivity index (χ3v) is 1.66. The van der Waals surface area contributed by atoms with Gasteiger partial charge in [0, 0.05) is 0 Å². The van der Waals surface area contributed by atoms with Crippen LogP contribution in [-0.2, 0) is 11.3 Å². The molecule has 0 fully saturated rings. The lowest BCUT2D eigenvalue weighted by atomic mass is 10.3. The molecule has 0 aromatic carbocycles. The Hall–Kier alpha value is -1.85. The van der Waals surface area contributed by atoms with Crippen molar-refractivity contribution in [2.24, 2.45) is 0 Å². The molecule has 2 N–H and O–H groups in total. The summed E-state index contributed by atoms with van der Waals surface area (Å²) in [5, 5.41) is 7.40. The largest absolute Gasteiger partial charge is 0.461 e. The van der Waals surface area contributed by atoms with Gasteiger partial charge in [0.15, 0.2) is 5.82 Å². The van der Waals surface area contributed by atoms with Crippen molar-refractivity contribution in [2.75, 3.05) is 12.3 Å². The summed E-state index contributed by atoms with van der Waals surface area (Å²) in [6.07, 6.45) is 0. The van der Waals surface area contributed by atoms with Crippen LogP contribution < -0.4 is 5.73 Å². The minimum Gasteiger partial charge on any atom is -0.461 e. The fourth-order valence-corrected chi connectivity index (χ4v) is 1.04. The van der Waals surface area contributed by atoms with Crippen LogP contribution in [0.2, 0.25) is 0 Å². The Labute approximate surface area is 87.7 Å². The van der Waals surface area contributed by atoms with Crippen molar-refractivity contribution in [1.29, 1.82) is 0 Å². The molecule has 0 spiro atoms. The van der Waals surface area contributed by atoms with E-state index in [1.54, 1.807) is 6.92 Å². The van der Waals surface area contributed by atoms with Gasteiger partial charge in [-0.3, -0.25) is 0 Å². The van der Waals surface area contributed by atoms with Gasteiger partial charge in [0.05, 0.1) is 13.2 Å².